The summed E-state index contributed by atoms with van der Waals surface area (Å²) in [6, 6.07) is 2.13. The summed E-state index contributed by atoms with van der Waals surface area (Å²) >= 11 is 0. The number of aromatic amines is 1. The first-order valence-electron chi connectivity index (χ1n) is 6.05. The zero-order valence-electron chi connectivity index (χ0n) is 10.3. The topological polar surface area (TPSA) is 85.8 Å². The number of aromatic nitrogens is 1. The fourth-order valence-electron chi connectivity index (χ4n) is 2.31. The minimum Gasteiger partial charge on any atom is -0.344 e. The highest BCUT2D eigenvalue weighted by Gasteiger charge is 2.21. The van der Waals surface area contributed by atoms with E-state index in [4.69, 9.17) is 5.26 Å². The van der Waals surface area contributed by atoms with Crippen LogP contribution in [0.2, 0.25) is 0 Å². The lowest BCUT2D eigenvalue weighted by Crippen LogP contribution is -2.15. The highest BCUT2D eigenvalue weighted by atomic mass is 16.2. The van der Waals surface area contributed by atoms with Crippen LogP contribution in [0.5, 0.6) is 0 Å². The van der Waals surface area contributed by atoms with Crippen molar-refractivity contribution in [2.45, 2.75) is 39.0 Å². The summed E-state index contributed by atoms with van der Waals surface area (Å²) in [6.45, 7) is 1.37. The minimum absolute atomic E-state index is 0.158. The summed E-state index contributed by atoms with van der Waals surface area (Å²) < 4.78 is 0. The molecule has 1 aromatic rings. The molecule has 5 heteroatoms. The van der Waals surface area contributed by atoms with Crippen LogP contribution in [0.4, 0.5) is 5.82 Å². The second kappa shape index (κ2) is 5.05. The smallest absolute Gasteiger partial charge is 0.232 e. The van der Waals surface area contributed by atoms with Gasteiger partial charge >= 0.3 is 0 Å². The van der Waals surface area contributed by atoms with Crippen molar-refractivity contribution in [3.8, 4) is 6.07 Å². The van der Waals surface area contributed by atoms with E-state index in [1.54, 1.807) is 0 Å². The average Bonchev–Trinajstić information content (AvgIpc) is 2.64. The monoisotopic (exact) mass is 245 g/mol. The molecule has 0 fully saturated rings. The Bertz CT molecular complexity index is 537. The summed E-state index contributed by atoms with van der Waals surface area (Å²) in [5.41, 5.74) is 2.57. The number of hydrogen-bond donors (Lipinski definition) is 2. The van der Waals surface area contributed by atoms with Gasteiger partial charge in [-0.25, -0.2) is 0 Å². The van der Waals surface area contributed by atoms with Crippen molar-refractivity contribution in [2.24, 2.45) is 0 Å². The molecule has 0 aliphatic heterocycles. The molecule has 0 spiro atoms. The normalized spacial score (nSPS) is 13.6. The molecule has 1 amide bonds. The van der Waals surface area contributed by atoms with Crippen LogP contribution in [-0.2, 0) is 22.4 Å². The Morgan fingerprint density at radius 1 is 1.39 bits per heavy atom. The number of carbonyl (C=O) groups is 2. The number of ketones is 1. The lowest BCUT2D eigenvalue weighted by Gasteiger charge is -2.09. The zero-order valence-corrected chi connectivity index (χ0v) is 10.3. The van der Waals surface area contributed by atoms with Gasteiger partial charge < -0.3 is 10.3 Å². The van der Waals surface area contributed by atoms with Crippen molar-refractivity contribution >= 4 is 17.5 Å². The van der Waals surface area contributed by atoms with Crippen LogP contribution in [0.1, 0.15) is 43.0 Å². The molecule has 0 radical (unpaired) electrons. The first kappa shape index (κ1) is 12.4. The van der Waals surface area contributed by atoms with E-state index >= 15 is 0 Å². The highest BCUT2D eigenvalue weighted by molar-refractivity contribution is 6.03. The molecule has 0 saturated heterocycles. The number of nitrogens with zero attached hydrogens (tertiary/aromatic N) is 1. The van der Waals surface area contributed by atoms with Crippen molar-refractivity contribution in [1.82, 2.24) is 4.98 Å². The Balaban J connectivity index is 2.23. The lowest BCUT2D eigenvalue weighted by atomic mass is 9.95. The number of rotatable bonds is 3. The Kier molecular flexibility index (Phi) is 3.47. The molecule has 0 atom stereocenters. The van der Waals surface area contributed by atoms with Crippen LogP contribution in [0.25, 0.3) is 0 Å². The molecule has 2 rings (SSSR count). The number of carbonyl (C=O) groups excluding carboxylic acids is 2. The molecule has 0 saturated carbocycles. The maximum atomic E-state index is 11.5. The third-order valence-electron chi connectivity index (χ3n) is 3.08. The molecule has 94 valence electrons. The van der Waals surface area contributed by atoms with E-state index in [0.29, 0.717) is 11.4 Å². The van der Waals surface area contributed by atoms with Gasteiger partial charge in [-0.3, -0.25) is 9.59 Å². The summed E-state index contributed by atoms with van der Waals surface area (Å²) in [5.74, 6) is -0.129. The largest absolute Gasteiger partial charge is 0.344 e. The van der Waals surface area contributed by atoms with E-state index in [1.807, 2.05) is 0 Å². The molecular weight excluding hydrogens is 230 g/mol. The van der Waals surface area contributed by atoms with Crippen molar-refractivity contribution in [3.05, 3.63) is 16.8 Å². The van der Waals surface area contributed by atoms with E-state index in [2.05, 4.69) is 16.4 Å². The van der Waals surface area contributed by atoms with Crippen LogP contribution >= 0.6 is 0 Å². The maximum Gasteiger partial charge on any atom is 0.232 e. The van der Waals surface area contributed by atoms with Gasteiger partial charge in [-0.15, -0.1) is 0 Å². The van der Waals surface area contributed by atoms with Crippen molar-refractivity contribution < 1.29 is 9.59 Å². The number of nitriles is 1. The fourth-order valence-corrected chi connectivity index (χ4v) is 2.31. The molecule has 0 aromatic carbocycles. The minimum atomic E-state index is -0.377. The number of aryl methyl sites for hydroxylation is 1. The number of H-pyrrole nitrogens is 1. The standard InChI is InChI=1S/C13H15N3O2/c1-8(17)6-12(18)16-13-10(7-14)9-4-2-3-5-11(9)15-13/h15H,2-6H2,1H3,(H,16,18). The molecule has 1 aliphatic carbocycles. The van der Waals surface area contributed by atoms with Gasteiger partial charge in [0.05, 0.1) is 12.0 Å². The Morgan fingerprint density at radius 3 is 2.78 bits per heavy atom. The van der Waals surface area contributed by atoms with Gasteiger partial charge in [0.25, 0.3) is 0 Å². The summed E-state index contributed by atoms with van der Waals surface area (Å²) in [7, 11) is 0. The van der Waals surface area contributed by atoms with Crippen molar-refractivity contribution in [2.75, 3.05) is 5.32 Å². The quantitative estimate of drug-likeness (QED) is 0.794. The number of nitrogens with one attached hydrogen (secondary N) is 2. The number of fused-ring (bicyclic) bond motifs is 1. The van der Waals surface area contributed by atoms with Crippen molar-refractivity contribution in [1.29, 1.82) is 5.26 Å². The Labute approximate surface area is 105 Å². The van der Waals surface area contributed by atoms with E-state index < -0.39 is 0 Å². The van der Waals surface area contributed by atoms with E-state index in [0.717, 1.165) is 36.9 Å². The third-order valence-corrected chi connectivity index (χ3v) is 3.08. The number of anilines is 1. The zero-order chi connectivity index (χ0) is 13.1. The number of hydrogen-bond acceptors (Lipinski definition) is 3. The number of Topliss-reactive ketones (excluding diaryl/α,β-unsaturated/α-hetero) is 1. The molecular formula is C13H15N3O2. The van der Waals surface area contributed by atoms with Gasteiger partial charge in [-0.2, -0.15) is 5.26 Å². The molecule has 1 heterocycles. The molecule has 1 aliphatic rings. The van der Waals surface area contributed by atoms with Gasteiger partial charge in [-0.1, -0.05) is 0 Å². The predicted molar refractivity (Wildman–Crippen MR) is 66.1 cm³/mol. The van der Waals surface area contributed by atoms with E-state index in [1.165, 1.54) is 6.92 Å². The molecule has 0 bridgehead atoms. The predicted octanol–water partition coefficient (Wildman–Crippen LogP) is 1.68. The van der Waals surface area contributed by atoms with E-state index in [9.17, 15) is 9.59 Å². The van der Waals surface area contributed by atoms with Crippen LogP contribution in [-0.4, -0.2) is 16.7 Å². The fraction of sp³-hybridized carbons (Fsp3) is 0.462. The SMILES string of the molecule is CC(=O)CC(=O)Nc1[nH]c2c(c1C#N)CCCC2. The second-order valence-electron chi connectivity index (χ2n) is 4.58. The van der Waals surface area contributed by atoms with Crippen LogP contribution < -0.4 is 5.32 Å². The van der Waals surface area contributed by atoms with Crippen LogP contribution in [0.15, 0.2) is 0 Å². The van der Waals surface area contributed by atoms with Gasteiger partial charge in [-0.05, 0) is 38.2 Å². The summed E-state index contributed by atoms with van der Waals surface area (Å²) in [5, 5.41) is 11.8. The molecule has 2 N–H and O–H groups in total. The molecule has 1 aromatic heterocycles. The molecule has 18 heavy (non-hydrogen) atoms. The van der Waals surface area contributed by atoms with Crippen molar-refractivity contribution in [3.63, 3.8) is 0 Å². The molecule has 5 nitrogen and oxygen atoms in total. The van der Waals surface area contributed by atoms with Gasteiger partial charge in [0.2, 0.25) is 5.91 Å². The Morgan fingerprint density at radius 2 is 2.11 bits per heavy atom. The van der Waals surface area contributed by atoms with Crippen LogP contribution in [0.3, 0.4) is 0 Å². The van der Waals surface area contributed by atoms with E-state index in [-0.39, 0.29) is 18.1 Å². The first-order chi connectivity index (χ1) is 8.61. The maximum absolute atomic E-state index is 11.5. The first-order valence-corrected chi connectivity index (χ1v) is 6.05. The Hall–Kier alpha value is -2.09. The number of amides is 1. The second-order valence-corrected chi connectivity index (χ2v) is 4.58. The average molecular weight is 245 g/mol. The summed E-state index contributed by atoms with van der Waals surface area (Å²) in [4.78, 5) is 25.5. The van der Waals surface area contributed by atoms with Gasteiger partial charge in [0.1, 0.15) is 17.7 Å². The lowest BCUT2D eigenvalue weighted by molar-refractivity contribution is -0.124. The molecule has 0 unspecified atom stereocenters. The summed E-state index contributed by atoms with van der Waals surface area (Å²) in [6.07, 6.45) is 3.79. The van der Waals surface area contributed by atoms with Crippen LogP contribution in [0, 0.1) is 11.3 Å². The third kappa shape index (κ3) is 2.43. The van der Waals surface area contributed by atoms with Gasteiger partial charge in [0, 0.05) is 5.69 Å². The highest BCUT2D eigenvalue weighted by Crippen LogP contribution is 2.29. The van der Waals surface area contributed by atoms with Gasteiger partial charge in [0.15, 0.2) is 0 Å².